The van der Waals surface area contributed by atoms with Crippen LogP contribution in [0.4, 0.5) is 9.59 Å². The summed E-state index contributed by atoms with van der Waals surface area (Å²) in [7, 11) is 0. The molecule has 0 radical (unpaired) electrons. The normalized spacial score (nSPS) is 13.8. The second-order valence-corrected chi connectivity index (χ2v) is 5.42. The van der Waals surface area contributed by atoms with Gasteiger partial charge in [-0.2, -0.15) is 0 Å². The Morgan fingerprint density at radius 1 is 1.12 bits per heavy atom. The van der Waals surface area contributed by atoms with Gasteiger partial charge in [-0.15, -0.1) is 0 Å². The summed E-state index contributed by atoms with van der Waals surface area (Å²) in [5.74, 6) is -0.581. The van der Waals surface area contributed by atoms with Crippen molar-refractivity contribution in [3.63, 3.8) is 0 Å². The molecule has 1 aliphatic heterocycles. The number of hydrogen-bond donors (Lipinski definition) is 2. The smallest absolute Gasteiger partial charge is 0.410 e. The zero-order chi connectivity index (χ0) is 18.1. The molecule has 8 nitrogen and oxygen atoms in total. The number of benzene rings is 1. The first-order chi connectivity index (χ1) is 12.0. The minimum atomic E-state index is -0.958. The van der Waals surface area contributed by atoms with Crippen molar-refractivity contribution in [2.75, 3.05) is 19.8 Å². The van der Waals surface area contributed by atoms with Crippen molar-refractivity contribution < 1.29 is 29.0 Å². The summed E-state index contributed by atoms with van der Waals surface area (Å²) in [4.78, 5) is 35.2. The molecule has 1 fully saturated rings. The standard InChI is InChI=1S/C17H20N2O6/c20-15(10-13-6-8-19(9-7-13)17(22)23)25-12-18-16(21)24-11-14-4-2-1-3-5-14/h1-5,10H,6-9,11-12H2,(H,18,21)(H,22,23). The maximum atomic E-state index is 11.7. The van der Waals surface area contributed by atoms with Crippen molar-refractivity contribution in [1.82, 2.24) is 10.2 Å². The summed E-state index contributed by atoms with van der Waals surface area (Å²) in [6.45, 7) is 0.555. The van der Waals surface area contributed by atoms with Crippen LogP contribution in [0.2, 0.25) is 0 Å². The number of likely N-dealkylation sites (tertiary alicyclic amines) is 1. The molecule has 0 aliphatic carbocycles. The molecule has 1 aromatic rings. The highest BCUT2D eigenvalue weighted by atomic mass is 16.6. The van der Waals surface area contributed by atoms with Gasteiger partial charge in [-0.25, -0.2) is 14.4 Å². The summed E-state index contributed by atoms with van der Waals surface area (Å²) >= 11 is 0. The molecule has 0 spiro atoms. The van der Waals surface area contributed by atoms with Gasteiger partial charge in [0.05, 0.1) is 0 Å². The summed E-state index contributed by atoms with van der Waals surface area (Å²) in [6, 6.07) is 9.20. The zero-order valence-electron chi connectivity index (χ0n) is 13.6. The van der Waals surface area contributed by atoms with Crippen LogP contribution in [0.5, 0.6) is 0 Å². The number of nitrogens with zero attached hydrogens (tertiary/aromatic N) is 1. The van der Waals surface area contributed by atoms with E-state index in [0.717, 1.165) is 11.1 Å². The summed E-state index contributed by atoms with van der Waals surface area (Å²) < 4.78 is 9.86. The molecule has 1 aromatic carbocycles. The minimum Gasteiger partial charge on any atom is -0.465 e. The second kappa shape index (κ2) is 9.31. The number of ether oxygens (including phenoxy) is 2. The van der Waals surface area contributed by atoms with E-state index in [4.69, 9.17) is 14.6 Å². The van der Waals surface area contributed by atoms with E-state index >= 15 is 0 Å². The Labute approximate surface area is 145 Å². The Morgan fingerprint density at radius 3 is 2.44 bits per heavy atom. The van der Waals surface area contributed by atoms with E-state index in [9.17, 15) is 14.4 Å². The molecule has 0 bridgehead atoms. The van der Waals surface area contributed by atoms with Crippen LogP contribution in [0.1, 0.15) is 18.4 Å². The average Bonchev–Trinajstić information content (AvgIpc) is 2.61. The number of esters is 1. The van der Waals surface area contributed by atoms with Crippen LogP contribution in [-0.2, 0) is 20.9 Å². The Kier molecular flexibility index (Phi) is 6.82. The van der Waals surface area contributed by atoms with Gasteiger partial charge < -0.3 is 19.5 Å². The lowest BCUT2D eigenvalue weighted by Gasteiger charge is -2.25. The fraction of sp³-hybridized carbons (Fsp3) is 0.353. The monoisotopic (exact) mass is 348 g/mol. The first-order valence-electron chi connectivity index (χ1n) is 7.83. The Balaban J connectivity index is 1.62. The highest BCUT2D eigenvalue weighted by Crippen LogP contribution is 2.16. The number of alkyl carbamates (subject to hydrolysis) is 1. The largest absolute Gasteiger partial charge is 0.465 e. The first kappa shape index (κ1) is 18.3. The quantitative estimate of drug-likeness (QED) is 0.480. The average molecular weight is 348 g/mol. The number of carbonyl (C=O) groups excluding carboxylic acids is 2. The van der Waals surface area contributed by atoms with Crippen molar-refractivity contribution >= 4 is 18.2 Å². The summed E-state index contributed by atoms with van der Waals surface area (Å²) in [5.41, 5.74) is 1.68. The summed E-state index contributed by atoms with van der Waals surface area (Å²) in [6.07, 6.45) is 0.692. The van der Waals surface area contributed by atoms with Gasteiger partial charge in [0.2, 0.25) is 0 Å². The molecule has 1 saturated heterocycles. The third-order valence-corrected chi connectivity index (χ3v) is 3.64. The van der Waals surface area contributed by atoms with Crippen LogP contribution in [0.25, 0.3) is 0 Å². The molecule has 1 heterocycles. The highest BCUT2D eigenvalue weighted by Gasteiger charge is 2.18. The van der Waals surface area contributed by atoms with Gasteiger partial charge in [0.1, 0.15) is 6.61 Å². The fourth-order valence-electron chi connectivity index (χ4n) is 2.28. The van der Waals surface area contributed by atoms with Crippen molar-refractivity contribution in [2.24, 2.45) is 0 Å². The van der Waals surface area contributed by atoms with Crippen molar-refractivity contribution in [2.45, 2.75) is 19.4 Å². The molecule has 0 aromatic heterocycles. The van der Waals surface area contributed by atoms with Gasteiger partial charge in [-0.3, -0.25) is 5.32 Å². The van der Waals surface area contributed by atoms with Crippen molar-refractivity contribution in [1.29, 1.82) is 0 Å². The van der Waals surface area contributed by atoms with E-state index in [1.54, 1.807) is 0 Å². The van der Waals surface area contributed by atoms with Crippen LogP contribution < -0.4 is 5.32 Å². The SMILES string of the molecule is O=C(C=C1CCN(C(=O)O)CC1)OCNC(=O)OCc1ccccc1. The molecule has 25 heavy (non-hydrogen) atoms. The van der Waals surface area contributed by atoms with Gasteiger partial charge in [-0.1, -0.05) is 35.9 Å². The molecule has 2 N–H and O–H groups in total. The van der Waals surface area contributed by atoms with Crippen LogP contribution in [0.3, 0.4) is 0 Å². The first-order valence-corrected chi connectivity index (χ1v) is 7.83. The number of nitrogens with one attached hydrogen (secondary N) is 1. The number of hydrogen-bond acceptors (Lipinski definition) is 5. The van der Waals surface area contributed by atoms with E-state index in [2.05, 4.69) is 5.32 Å². The number of amides is 2. The van der Waals surface area contributed by atoms with Crippen LogP contribution in [0, 0.1) is 0 Å². The second-order valence-electron chi connectivity index (χ2n) is 5.42. The molecule has 1 aliphatic rings. The van der Waals surface area contributed by atoms with Crippen LogP contribution in [-0.4, -0.2) is 48.0 Å². The van der Waals surface area contributed by atoms with Gasteiger partial charge >= 0.3 is 18.2 Å². The number of piperidine rings is 1. The van der Waals surface area contributed by atoms with Gasteiger partial charge in [0, 0.05) is 19.2 Å². The topological polar surface area (TPSA) is 105 Å². The number of carbonyl (C=O) groups is 3. The lowest BCUT2D eigenvalue weighted by atomic mass is 10.0. The summed E-state index contributed by atoms with van der Waals surface area (Å²) in [5, 5.41) is 11.2. The zero-order valence-corrected chi connectivity index (χ0v) is 13.6. The maximum absolute atomic E-state index is 11.7. The predicted molar refractivity (Wildman–Crippen MR) is 87.6 cm³/mol. The molecule has 2 rings (SSSR count). The Morgan fingerprint density at radius 2 is 1.80 bits per heavy atom. The van der Waals surface area contributed by atoms with Crippen LogP contribution >= 0.6 is 0 Å². The van der Waals surface area contributed by atoms with Crippen LogP contribution in [0.15, 0.2) is 42.0 Å². The van der Waals surface area contributed by atoms with E-state index in [1.807, 2.05) is 30.3 Å². The Bertz CT molecular complexity index is 634. The highest BCUT2D eigenvalue weighted by molar-refractivity contribution is 5.83. The van der Waals surface area contributed by atoms with E-state index < -0.39 is 18.2 Å². The lowest BCUT2D eigenvalue weighted by Crippen LogP contribution is -2.35. The molecule has 8 heteroatoms. The Hall–Kier alpha value is -3.03. The molecule has 0 atom stereocenters. The molecular weight excluding hydrogens is 328 g/mol. The molecule has 134 valence electrons. The maximum Gasteiger partial charge on any atom is 0.410 e. The molecule has 2 amide bonds. The van der Waals surface area contributed by atoms with Gasteiger partial charge in [-0.05, 0) is 18.4 Å². The van der Waals surface area contributed by atoms with Gasteiger partial charge in [0.25, 0.3) is 0 Å². The fourth-order valence-corrected chi connectivity index (χ4v) is 2.28. The van der Waals surface area contributed by atoms with Crippen molar-refractivity contribution in [3.8, 4) is 0 Å². The van der Waals surface area contributed by atoms with E-state index in [-0.39, 0.29) is 13.3 Å². The lowest BCUT2D eigenvalue weighted by molar-refractivity contribution is -0.138. The number of rotatable bonds is 5. The number of carboxylic acid groups (broad SMARTS) is 1. The van der Waals surface area contributed by atoms with E-state index in [1.165, 1.54) is 11.0 Å². The predicted octanol–water partition coefficient (Wildman–Crippen LogP) is 2.11. The third kappa shape index (κ3) is 6.54. The minimum absolute atomic E-state index is 0.130. The third-order valence-electron chi connectivity index (χ3n) is 3.64. The molecule has 0 unspecified atom stereocenters. The molecular formula is C17H20N2O6. The van der Waals surface area contributed by atoms with E-state index in [0.29, 0.717) is 25.9 Å². The molecule has 0 saturated carbocycles. The van der Waals surface area contributed by atoms with Gasteiger partial charge in [0.15, 0.2) is 6.73 Å². The van der Waals surface area contributed by atoms with Crippen molar-refractivity contribution in [3.05, 3.63) is 47.5 Å².